The fourth-order valence-electron chi connectivity index (χ4n) is 1.26. The van der Waals surface area contributed by atoms with Gasteiger partial charge in [-0.2, -0.15) is 0 Å². The van der Waals surface area contributed by atoms with Gasteiger partial charge in [-0.15, -0.1) is 0 Å². The summed E-state index contributed by atoms with van der Waals surface area (Å²) in [6.07, 6.45) is 1.54. The van der Waals surface area contributed by atoms with Crippen molar-refractivity contribution in [2.45, 2.75) is 6.92 Å². The minimum Gasteiger partial charge on any atom is -0.397 e. The first kappa shape index (κ1) is 13.7. The highest BCUT2D eigenvalue weighted by atomic mass is 32.2. The Morgan fingerprint density at radius 1 is 1.47 bits per heavy atom. The topological polar surface area (TPSA) is 88.3 Å². The molecule has 6 nitrogen and oxygen atoms in total. The summed E-state index contributed by atoms with van der Waals surface area (Å²) < 4.78 is 24.2. The molecule has 0 amide bonds. The van der Waals surface area contributed by atoms with Crippen molar-refractivity contribution in [1.29, 1.82) is 0 Å². The number of hydrogen-bond acceptors (Lipinski definition) is 5. The van der Waals surface area contributed by atoms with Crippen LogP contribution in [0.25, 0.3) is 0 Å². The van der Waals surface area contributed by atoms with Gasteiger partial charge in [0, 0.05) is 20.6 Å². The van der Waals surface area contributed by atoms with Gasteiger partial charge in [-0.3, -0.25) is 0 Å². The second-order valence-corrected chi connectivity index (χ2v) is 6.26. The molecule has 1 rings (SSSR count). The van der Waals surface area contributed by atoms with E-state index in [1.807, 2.05) is 6.92 Å². The zero-order chi connectivity index (χ0) is 13.1. The number of aromatic nitrogens is 1. The molecule has 1 aromatic rings. The summed E-state index contributed by atoms with van der Waals surface area (Å²) in [5.41, 5.74) is 7.06. The van der Waals surface area contributed by atoms with Crippen LogP contribution in [-0.2, 0) is 10.0 Å². The molecule has 0 fully saturated rings. The lowest BCUT2D eigenvalue weighted by Gasteiger charge is -2.12. The molecule has 7 heteroatoms. The lowest BCUT2D eigenvalue weighted by atomic mass is 10.2. The van der Waals surface area contributed by atoms with Gasteiger partial charge in [0.25, 0.3) is 0 Å². The maximum Gasteiger partial charge on any atom is 0.215 e. The lowest BCUT2D eigenvalue weighted by molar-refractivity contribution is 0.521. The Bertz CT molecular complexity index is 485. The van der Waals surface area contributed by atoms with Crippen LogP contribution in [0.4, 0.5) is 11.5 Å². The second-order valence-electron chi connectivity index (χ2n) is 3.96. The number of rotatable bonds is 5. The van der Waals surface area contributed by atoms with Crippen LogP contribution >= 0.6 is 0 Å². The highest BCUT2D eigenvalue weighted by Crippen LogP contribution is 2.13. The molecule has 0 bridgehead atoms. The van der Waals surface area contributed by atoms with Gasteiger partial charge < -0.3 is 11.1 Å². The maximum atomic E-state index is 11.5. The number of pyridine rings is 1. The van der Waals surface area contributed by atoms with E-state index in [-0.39, 0.29) is 5.75 Å². The van der Waals surface area contributed by atoms with Gasteiger partial charge in [0.1, 0.15) is 5.82 Å². The van der Waals surface area contributed by atoms with Crippen LogP contribution in [0.15, 0.2) is 12.3 Å². The summed E-state index contributed by atoms with van der Waals surface area (Å²) in [5.74, 6) is 0.694. The summed E-state index contributed by atoms with van der Waals surface area (Å²) in [7, 11) is -0.139. The summed E-state index contributed by atoms with van der Waals surface area (Å²) in [6.45, 7) is 2.18. The fraction of sp³-hybridized carbons (Fsp3) is 0.500. The number of hydrogen-bond donors (Lipinski definition) is 2. The molecule has 0 aromatic carbocycles. The average molecular weight is 258 g/mol. The Morgan fingerprint density at radius 2 is 2.12 bits per heavy atom. The van der Waals surface area contributed by atoms with Gasteiger partial charge in [0.15, 0.2) is 0 Å². The third kappa shape index (κ3) is 3.86. The van der Waals surface area contributed by atoms with E-state index in [1.54, 1.807) is 6.07 Å². The zero-order valence-electron chi connectivity index (χ0n) is 10.3. The summed E-state index contributed by atoms with van der Waals surface area (Å²) in [4.78, 5) is 4.10. The van der Waals surface area contributed by atoms with E-state index < -0.39 is 10.0 Å². The summed E-state index contributed by atoms with van der Waals surface area (Å²) in [6, 6.07) is 1.79. The lowest BCUT2D eigenvalue weighted by Crippen LogP contribution is -2.28. The first-order valence-electron chi connectivity index (χ1n) is 5.19. The fourth-order valence-corrected chi connectivity index (χ4v) is 1.99. The number of aryl methyl sites for hydroxylation is 1. The van der Waals surface area contributed by atoms with Crippen LogP contribution in [0.3, 0.4) is 0 Å². The summed E-state index contributed by atoms with van der Waals surface area (Å²) >= 11 is 0. The third-order valence-corrected chi connectivity index (χ3v) is 4.14. The van der Waals surface area contributed by atoms with Crippen molar-refractivity contribution in [3.8, 4) is 0 Å². The molecule has 0 aliphatic heterocycles. The van der Waals surface area contributed by atoms with E-state index in [4.69, 9.17) is 5.73 Å². The quantitative estimate of drug-likeness (QED) is 0.791. The SMILES string of the molecule is Cc1cc(N)cnc1NCCS(=O)(=O)N(C)C. The van der Waals surface area contributed by atoms with Crippen molar-refractivity contribution < 1.29 is 8.42 Å². The molecule has 0 saturated carbocycles. The van der Waals surface area contributed by atoms with Crippen LogP contribution in [0, 0.1) is 6.92 Å². The van der Waals surface area contributed by atoms with Crippen LogP contribution < -0.4 is 11.1 Å². The Kier molecular flexibility index (Phi) is 4.30. The normalized spacial score (nSPS) is 11.8. The van der Waals surface area contributed by atoms with Gasteiger partial charge in [-0.25, -0.2) is 17.7 Å². The minimum atomic E-state index is -3.17. The van der Waals surface area contributed by atoms with E-state index in [9.17, 15) is 8.42 Å². The van der Waals surface area contributed by atoms with Crippen LogP contribution in [0.2, 0.25) is 0 Å². The van der Waals surface area contributed by atoms with Crippen molar-refractivity contribution in [1.82, 2.24) is 9.29 Å². The molecule has 0 aliphatic carbocycles. The van der Waals surface area contributed by atoms with Crippen molar-refractivity contribution in [2.24, 2.45) is 0 Å². The number of nitrogens with two attached hydrogens (primary N) is 1. The predicted molar refractivity (Wildman–Crippen MR) is 69.3 cm³/mol. The Labute approximate surface area is 102 Å². The number of nitrogens with zero attached hydrogens (tertiary/aromatic N) is 2. The minimum absolute atomic E-state index is 0.0332. The molecule has 0 aliphatic rings. The molecular weight excluding hydrogens is 240 g/mol. The van der Waals surface area contributed by atoms with E-state index in [0.29, 0.717) is 18.1 Å². The molecule has 17 heavy (non-hydrogen) atoms. The highest BCUT2D eigenvalue weighted by molar-refractivity contribution is 7.89. The second kappa shape index (κ2) is 5.33. The van der Waals surface area contributed by atoms with Crippen molar-refractivity contribution in [2.75, 3.05) is 37.4 Å². The van der Waals surface area contributed by atoms with E-state index in [2.05, 4.69) is 10.3 Å². The standard InChI is InChI=1S/C10H18N4O2S/c1-8-6-9(11)7-13-10(8)12-4-5-17(15,16)14(2)3/h6-7H,4-5,11H2,1-3H3,(H,12,13). The third-order valence-electron chi connectivity index (χ3n) is 2.31. The first-order valence-corrected chi connectivity index (χ1v) is 6.80. The molecule has 1 heterocycles. The Hall–Kier alpha value is -1.34. The van der Waals surface area contributed by atoms with Crippen molar-refractivity contribution >= 4 is 21.5 Å². The number of nitrogen functional groups attached to an aromatic ring is 1. The van der Waals surface area contributed by atoms with Crippen molar-refractivity contribution in [3.05, 3.63) is 17.8 Å². The van der Waals surface area contributed by atoms with Crippen LogP contribution in [0.1, 0.15) is 5.56 Å². The maximum absolute atomic E-state index is 11.5. The number of nitrogens with one attached hydrogen (secondary N) is 1. The number of sulfonamides is 1. The molecular formula is C10H18N4O2S. The van der Waals surface area contributed by atoms with Crippen LogP contribution in [0.5, 0.6) is 0 Å². The van der Waals surface area contributed by atoms with E-state index in [0.717, 1.165) is 5.56 Å². The zero-order valence-corrected chi connectivity index (χ0v) is 11.1. The van der Waals surface area contributed by atoms with Gasteiger partial charge in [0.2, 0.25) is 10.0 Å². The monoisotopic (exact) mass is 258 g/mol. The molecule has 1 aromatic heterocycles. The predicted octanol–water partition coefficient (Wildman–Crippen LogP) is 0.276. The average Bonchev–Trinajstić information content (AvgIpc) is 2.21. The van der Waals surface area contributed by atoms with Gasteiger partial charge in [0.05, 0.1) is 17.6 Å². The van der Waals surface area contributed by atoms with Gasteiger partial charge in [-0.1, -0.05) is 0 Å². The van der Waals surface area contributed by atoms with E-state index in [1.165, 1.54) is 24.6 Å². The molecule has 0 radical (unpaired) electrons. The molecule has 96 valence electrons. The Morgan fingerprint density at radius 3 is 2.65 bits per heavy atom. The molecule has 3 N–H and O–H groups in total. The molecule has 0 unspecified atom stereocenters. The van der Waals surface area contributed by atoms with Crippen molar-refractivity contribution in [3.63, 3.8) is 0 Å². The van der Waals surface area contributed by atoms with Crippen LogP contribution in [-0.4, -0.2) is 44.1 Å². The largest absolute Gasteiger partial charge is 0.397 e. The number of anilines is 2. The Balaban J connectivity index is 2.58. The molecule has 0 spiro atoms. The summed E-state index contributed by atoms with van der Waals surface area (Å²) in [5, 5.41) is 2.98. The highest BCUT2D eigenvalue weighted by Gasteiger charge is 2.12. The first-order chi connectivity index (χ1) is 7.83. The van der Waals surface area contributed by atoms with E-state index >= 15 is 0 Å². The smallest absolute Gasteiger partial charge is 0.215 e. The molecule has 0 atom stereocenters. The van der Waals surface area contributed by atoms with Gasteiger partial charge in [-0.05, 0) is 18.6 Å². The molecule has 0 saturated heterocycles. The van der Waals surface area contributed by atoms with Gasteiger partial charge >= 0.3 is 0 Å².